The monoisotopic (exact) mass is 355 g/mol. The molecule has 3 rings (SSSR count). The molecule has 1 amide bonds. The molecule has 7 heteroatoms. The van der Waals surface area contributed by atoms with E-state index in [4.69, 9.17) is 0 Å². The second kappa shape index (κ2) is 6.88. The first-order valence-electron chi connectivity index (χ1n) is 6.84. The molecule has 0 aliphatic carbocycles. The van der Waals surface area contributed by atoms with Gasteiger partial charge in [0, 0.05) is 17.1 Å². The lowest BCUT2D eigenvalue weighted by molar-refractivity contribution is 0.102. The van der Waals surface area contributed by atoms with E-state index in [-0.39, 0.29) is 5.69 Å². The molecule has 23 heavy (non-hydrogen) atoms. The highest BCUT2D eigenvalue weighted by Gasteiger charge is 2.19. The number of rotatable bonds is 3. The molecule has 1 aliphatic rings. The Kier molecular flexibility index (Phi) is 4.87. The van der Waals surface area contributed by atoms with Gasteiger partial charge < -0.3 is 5.32 Å². The Bertz CT molecular complexity index is 731. The van der Waals surface area contributed by atoms with Crippen molar-refractivity contribution >= 4 is 35.1 Å². The van der Waals surface area contributed by atoms with Crippen molar-refractivity contribution in [3.63, 3.8) is 0 Å². The molecule has 120 valence electrons. The summed E-state index contributed by atoms with van der Waals surface area (Å²) in [5.41, 5.74) is 1.05. The van der Waals surface area contributed by atoms with Crippen molar-refractivity contribution < 1.29 is 18.0 Å². The highest BCUT2D eigenvalue weighted by atomic mass is 32.2. The molecular weight excluding hydrogens is 343 g/mol. The summed E-state index contributed by atoms with van der Waals surface area (Å²) >= 11 is 3.71. The van der Waals surface area contributed by atoms with Gasteiger partial charge in [-0.2, -0.15) is 0 Å². The summed E-state index contributed by atoms with van der Waals surface area (Å²) < 4.78 is 40.0. The first kappa shape index (κ1) is 16.3. The number of carbonyl (C=O) groups excluding carboxylic acids is 1. The lowest BCUT2D eigenvalue weighted by Crippen LogP contribution is -2.14. The van der Waals surface area contributed by atoms with E-state index in [1.807, 2.05) is 35.7 Å². The van der Waals surface area contributed by atoms with Crippen LogP contribution in [-0.2, 0) is 0 Å². The molecule has 0 spiro atoms. The van der Waals surface area contributed by atoms with E-state index < -0.39 is 23.4 Å². The third kappa shape index (κ3) is 3.50. The lowest BCUT2D eigenvalue weighted by atomic mass is 10.1. The Morgan fingerprint density at radius 2 is 1.61 bits per heavy atom. The molecule has 1 N–H and O–H groups in total. The molecule has 2 aromatic carbocycles. The van der Waals surface area contributed by atoms with Gasteiger partial charge in [-0.3, -0.25) is 4.79 Å². The first-order valence-corrected chi connectivity index (χ1v) is 8.94. The molecule has 1 aliphatic heterocycles. The SMILES string of the molecule is O=C(Nc1ccc(F)c(F)c1F)c1ccc(C2SCCS2)cc1. The van der Waals surface area contributed by atoms with Crippen LogP contribution < -0.4 is 5.32 Å². The van der Waals surface area contributed by atoms with Crippen LogP contribution >= 0.6 is 23.5 Å². The molecule has 0 radical (unpaired) electrons. The quantitative estimate of drug-likeness (QED) is 0.799. The molecule has 1 saturated heterocycles. The van der Waals surface area contributed by atoms with E-state index in [1.165, 1.54) is 0 Å². The average Bonchev–Trinajstić information content (AvgIpc) is 3.10. The first-order chi connectivity index (χ1) is 11.1. The smallest absolute Gasteiger partial charge is 0.255 e. The van der Waals surface area contributed by atoms with E-state index in [9.17, 15) is 18.0 Å². The van der Waals surface area contributed by atoms with Crippen LogP contribution in [0.15, 0.2) is 36.4 Å². The molecule has 1 fully saturated rings. The fourth-order valence-electron chi connectivity index (χ4n) is 2.16. The molecule has 2 aromatic rings. The van der Waals surface area contributed by atoms with Crippen molar-refractivity contribution in [1.29, 1.82) is 0 Å². The number of thioether (sulfide) groups is 2. The Hall–Kier alpha value is -1.60. The fourth-order valence-corrected chi connectivity index (χ4v) is 5.02. The van der Waals surface area contributed by atoms with Crippen LogP contribution in [0.2, 0.25) is 0 Å². The molecule has 0 atom stereocenters. The van der Waals surface area contributed by atoms with Crippen molar-refractivity contribution in [2.24, 2.45) is 0 Å². The van der Waals surface area contributed by atoms with Gasteiger partial charge in [0.2, 0.25) is 0 Å². The molecule has 0 saturated carbocycles. The zero-order chi connectivity index (χ0) is 16.4. The normalized spacial score (nSPS) is 14.9. The maximum Gasteiger partial charge on any atom is 0.255 e. The minimum absolute atomic E-state index is 0.325. The zero-order valence-corrected chi connectivity index (χ0v) is 13.4. The highest BCUT2D eigenvalue weighted by Crippen LogP contribution is 2.45. The van der Waals surface area contributed by atoms with Crippen LogP contribution in [0, 0.1) is 17.5 Å². The minimum Gasteiger partial charge on any atom is -0.319 e. The third-order valence-corrected chi connectivity index (χ3v) is 6.45. The number of carbonyl (C=O) groups is 1. The second-order valence-electron chi connectivity index (χ2n) is 4.87. The molecule has 0 bridgehead atoms. The van der Waals surface area contributed by atoms with Crippen LogP contribution in [0.25, 0.3) is 0 Å². The summed E-state index contributed by atoms with van der Waals surface area (Å²) in [5, 5.41) is 2.25. The van der Waals surface area contributed by atoms with E-state index in [2.05, 4.69) is 5.32 Å². The summed E-state index contributed by atoms with van der Waals surface area (Å²) in [6.07, 6.45) is 0. The highest BCUT2D eigenvalue weighted by molar-refractivity contribution is 8.19. The van der Waals surface area contributed by atoms with Crippen molar-refractivity contribution in [2.75, 3.05) is 16.8 Å². The molecule has 0 aromatic heterocycles. The van der Waals surface area contributed by atoms with Crippen molar-refractivity contribution in [2.45, 2.75) is 4.58 Å². The van der Waals surface area contributed by atoms with Crippen molar-refractivity contribution in [3.8, 4) is 0 Å². The van der Waals surface area contributed by atoms with Crippen LogP contribution in [0.1, 0.15) is 20.5 Å². The fraction of sp³-hybridized carbons (Fsp3) is 0.188. The van der Waals surface area contributed by atoms with Gasteiger partial charge in [-0.15, -0.1) is 23.5 Å². The van der Waals surface area contributed by atoms with Crippen molar-refractivity contribution in [1.82, 2.24) is 0 Å². The third-order valence-electron chi connectivity index (χ3n) is 3.35. The Labute approximate surface area is 139 Å². The van der Waals surface area contributed by atoms with Gasteiger partial charge in [0.1, 0.15) is 0 Å². The number of anilines is 1. The standard InChI is InChI=1S/C16H12F3NOS2/c17-11-5-6-12(14(19)13(11)18)20-15(21)9-1-3-10(4-2-9)16-22-7-8-23-16/h1-6,16H,7-8H2,(H,20,21). The van der Waals surface area contributed by atoms with Crippen LogP contribution in [-0.4, -0.2) is 17.4 Å². The van der Waals surface area contributed by atoms with Gasteiger partial charge in [0.25, 0.3) is 5.91 Å². The van der Waals surface area contributed by atoms with Gasteiger partial charge in [0.15, 0.2) is 17.5 Å². The van der Waals surface area contributed by atoms with Gasteiger partial charge in [-0.25, -0.2) is 13.2 Å². The number of nitrogens with one attached hydrogen (secondary N) is 1. The van der Waals surface area contributed by atoms with Gasteiger partial charge in [-0.05, 0) is 29.8 Å². The van der Waals surface area contributed by atoms with Crippen LogP contribution in [0.3, 0.4) is 0 Å². The van der Waals surface area contributed by atoms with E-state index >= 15 is 0 Å². The predicted octanol–water partition coefficient (Wildman–Crippen LogP) is 4.83. The number of hydrogen-bond donors (Lipinski definition) is 1. The minimum atomic E-state index is -1.60. The zero-order valence-electron chi connectivity index (χ0n) is 11.8. The maximum absolute atomic E-state index is 13.6. The molecular formula is C16H12F3NOS2. The summed E-state index contributed by atoms with van der Waals surface area (Å²) in [6.45, 7) is 0. The lowest BCUT2D eigenvalue weighted by Gasteiger charge is -2.10. The largest absolute Gasteiger partial charge is 0.319 e. The maximum atomic E-state index is 13.6. The van der Waals surface area contributed by atoms with E-state index in [0.717, 1.165) is 29.2 Å². The molecule has 2 nitrogen and oxygen atoms in total. The number of halogens is 3. The molecule has 0 unspecified atom stereocenters. The Morgan fingerprint density at radius 3 is 2.26 bits per heavy atom. The summed E-state index contributed by atoms with van der Waals surface area (Å²) in [7, 11) is 0. The summed E-state index contributed by atoms with van der Waals surface area (Å²) in [4.78, 5) is 12.1. The van der Waals surface area contributed by atoms with Gasteiger partial charge in [-0.1, -0.05) is 12.1 Å². The van der Waals surface area contributed by atoms with Gasteiger partial charge >= 0.3 is 0 Å². The second-order valence-corrected chi connectivity index (χ2v) is 7.60. The van der Waals surface area contributed by atoms with E-state index in [1.54, 1.807) is 12.1 Å². The Morgan fingerprint density at radius 1 is 0.957 bits per heavy atom. The van der Waals surface area contributed by atoms with E-state index in [0.29, 0.717) is 10.1 Å². The summed E-state index contributed by atoms with van der Waals surface area (Å²) in [6, 6.07) is 8.75. The number of hydrogen-bond acceptors (Lipinski definition) is 3. The molecule has 1 heterocycles. The number of amides is 1. The number of benzene rings is 2. The predicted molar refractivity (Wildman–Crippen MR) is 88.4 cm³/mol. The average molecular weight is 355 g/mol. The Balaban J connectivity index is 1.74. The van der Waals surface area contributed by atoms with Crippen molar-refractivity contribution in [3.05, 3.63) is 65.0 Å². The van der Waals surface area contributed by atoms with Crippen LogP contribution in [0.5, 0.6) is 0 Å². The topological polar surface area (TPSA) is 29.1 Å². The van der Waals surface area contributed by atoms with Gasteiger partial charge in [0.05, 0.1) is 10.3 Å². The van der Waals surface area contributed by atoms with Crippen LogP contribution in [0.4, 0.5) is 18.9 Å². The summed E-state index contributed by atoms with van der Waals surface area (Å²) in [5.74, 6) is -2.67.